The number of likely N-dealkylation sites (tertiary alicyclic amines) is 1. The lowest BCUT2D eigenvalue weighted by molar-refractivity contribution is 0.136. The number of aliphatic hydroxyl groups excluding tert-OH is 1. The molecule has 1 saturated heterocycles. The minimum atomic E-state index is -0.112. The van der Waals surface area contributed by atoms with Crippen molar-refractivity contribution in [2.24, 2.45) is 11.8 Å². The number of ether oxygens (including phenoxy) is 1. The standard InChI is InChI=1S/C17H26N2O3/c1-13(2)12-22-16-7-3-6-15(9-16)18-17(21)19-8-4-5-14(10-19)11-20/h3,6-7,9,13-14,20H,4-5,8,10-12H2,1-2H3,(H,18,21). The van der Waals surface area contributed by atoms with E-state index in [1.54, 1.807) is 4.90 Å². The number of nitrogens with one attached hydrogen (secondary N) is 1. The van der Waals surface area contributed by atoms with E-state index < -0.39 is 0 Å². The summed E-state index contributed by atoms with van der Waals surface area (Å²) in [6.07, 6.45) is 1.93. The fraction of sp³-hybridized carbons (Fsp3) is 0.588. The molecule has 0 bridgehead atoms. The molecule has 2 N–H and O–H groups in total. The normalized spacial score (nSPS) is 18.4. The second kappa shape index (κ2) is 8.03. The highest BCUT2D eigenvalue weighted by Crippen LogP contribution is 2.20. The molecule has 122 valence electrons. The average Bonchev–Trinajstić information content (AvgIpc) is 2.53. The molecule has 1 aliphatic heterocycles. The van der Waals surface area contributed by atoms with Crippen molar-refractivity contribution >= 4 is 11.7 Å². The van der Waals surface area contributed by atoms with Gasteiger partial charge in [0.1, 0.15) is 5.75 Å². The van der Waals surface area contributed by atoms with Gasteiger partial charge in [-0.25, -0.2) is 4.79 Å². The van der Waals surface area contributed by atoms with E-state index in [9.17, 15) is 9.90 Å². The molecular formula is C17H26N2O3. The van der Waals surface area contributed by atoms with Gasteiger partial charge in [-0.3, -0.25) is 0 Å². The largest absolute Gasteiger partial charge is 0.493 e. The van der Waals surface area contributed by atoms with E-state index in [0.29, 0.717) is 19.1 Å². The van der Waals surface area contributed by atoms with Gasteiger partial charge in [0.05, 0.1) is 6.61 Å². The van der Waals surface area contributed by atoms with Crippen LogP contribution in [0.2, 0.25) is 0 Å². The molecule has 1 atom stereocenters. The molecule has 0 saturated carbocycles. The lowest BCUT2D eigenvalue weighted by atomic mass is 9.99. The number of rotatable bonds is 5. The quantitative estimate of drug-likeness (QED) is 0.879. The SMILES string of the molecule is CC(C)COc1cccc(NC(=O)N2CCCC(CO)C2)c1. The molecule has 1 aromatic carbocycles. The molecule has 0 spiro atoms. The van der Waals surface area contributed by atoms with E-state index in [1.165, 1.54) is 0 Å². The fourth-order valence-corrected chi connectivity index (χ4v) is 2.53. The zero-order valence-corrected chi connectivity index (χ0v) is 13.4. The molecule has 1 aromatic rings. The summed E-state index contributed by atoms with van der Waals surface area (Å²) in [4.78, 5) is 14.1. The van der Waals surface area contributed by atoms with Crippen LogP contribution in [-0.4, -0.2) is 42.3 Å². The first-order valence-corrected chi connectivity index (χ1v) is 7.98. The van der Waals surface area contributed by atoms with Gasteiger partial charge in [0.2, 0.25) is 0 Å². The zero-order valence-electron chi connectivity index (χ0n) is 13.4. The Morgan fingerprint density at radius 2 is 2.32 bits per heavy atom. The molecule has 22 heavy (non-hydrogen) atoms. The number of carbonyl (C=O) groups excluding carboxylic acids is 1. The van der Waals surface area contributed by atoms with Gasteiger partial charge in [0.15, 0.2) is 0 Å². The number of nitrogens with zero attached hydrogens (tertiary/aromatic N) is 1. The molecule has 1 aliphatic rings. The number of aliphatic hydroxyl groups is 1. The van der Waals surface area contributed by atoms with Crippen molar-refractivity contribution in [2.45, 2.75) is 26.7 Å². The molecular weight excluding hydrogens is 280 g/mol. The van der Waals surface area contributed by atoms with Crippen molar-refractivity contribution in [1.82, 2.24) is 4.90 Å². The number of benzene rings is 1. The Morgan fingerprint density at radius 1 is 1.50 bits per heavy atom. The number of amides is 2. The summed E-state index contributed by atoms with van der Waals surface area (Å²) < 4.78 is 5.67. The van der Waals surface area contributed by atoms with Crippen LogP contribution in [0, 0.1) is 11.8 Å². The number of urea groups is 1. The average molecular weight is 306 g/mol. The Balaban J connectivity index is 1.92. The predicted octanol–water partition coefficient (Wildman–Crippen LogP) is 2.96. The third-order valence-electron chi connectivity index (χ3n) is 3.73. The van der Waals surface area contributed by atoms with Gasteiger partial charge in [-0.2, -0.15) is 0 Å². The molecule has 0 aromatic heterocycles. The molecule has 5 nitrogen and oxygen atoms in total. The topological polar surface area (TPSA) is 61.8 Å². The van der Waals surface area contributed by atoms with E-state index in [1.807, 2.05) is 24.3 Å². The highest BCUT2D eigenvalue weighted by atomic mass is 16.5. The van der Waals surface area contributed by atoms with Crippen LogP contribution in [0.25, 0.3) is 0 Å². The van der Waals surface area contributed by atoms with E-state index in [2.05, 4.69) is 19.2 Å². The third kappa shape index (κ3) is 4.91. The molecule has 2 rings (SSSR count). The van der Waals surface area contributed by atoms with Crippen LogP contribution < -0.4 is 10.1 Å². The van der Waals surface area contributed by atoms with Crippen molar-refractivity contribution in [3.05, 3.63) is 24.3 Å². The molecule has 0 aliphatic carbocycles. The monoisotopic (exact) mass is 306 g/mol. The van der Waals surface area contributed by atoms with Crippen molar-refractivity contribution in [1.29, 1.82) is 0 Å². The van der Waals surface area contributed by atoms with Gasteiger partial charge in [-0.05, 0) is 36.8 Å². The van der Waals surface area contributed by atoms with Gasteiger partial charge >= 0.3 is 6.03 Å². The maximum atomic E-state index is 12.3. The minimum absolute atomic E-state index is 0.112. The maximum Gasteiger partial charge on any atom is 0.321 e. The second-order valence-electron chi connectivity index (χ2n) is 6.30. The predicted molar refractivity (Wildman–Crippen MR) is 87.2 cm³/mol. The van der Waals surface area contributed by atoms with Crippen molar-refractivity contribution in [3.8, 4) is 5.75 Å². The summed E-state index contributed by atoms with van der Waals surface area (Å²) in [7, 11) is 0. The summed E-state index contributed by atoms with van der Waals surface area (Å²) in [5.74, 6) is 1.42. The van der Waals surface area contributed by atoms with Gasteiger partial charge in [-0.1, -0.05) is 19.9 Å². The number of piperidine rings is 1. The van der Waals surface area contributed by atoms with Crippen LogP contribution in [0.1, 0.15) is 26.7 Å². The minimum Gasteiger partial charge on any atom is -0.493 e. The summed E-state index contributed by atoms with van der Waals surface area (Å²) in [5, 5.41) is 12.2. The van der Waals surface area contributed by atoms with Crippen molar-refractivity contribution in [3.63, 3.8) is 0 Å². The second-order valence-corrected chi connectivity index (χ2v) is 6.30. The molecule has 0 radical (unpaired) electrons. The molecule has 5 heteroatoms. The van der Waals surface area contributed by atoms with E-state index in [-0.39, 0.29) is 18.6 Å². The third-order valence-corrected chi connectivity index (χ3v) is 3.73. The summed E-state index contributed by atoms with van der Waals surface area (Å²) in [5.41, 5.74) is 0.734. The first-order valence-electron chi connectivity index (χ1n) is 7.98. The van der Waals surface area contributed by atoms with E-state index >= 15 is 0 Å². The number of anilines is 1. The lowest BCUT2D eigenvalue weighted by Crippen LogP contribution is -2.43. The zero-order chi connectivity index (χ0) is 15.9. The summed E-state index contributed by atoms with van der Waals surface area (Å²) in [6.45, 7) is 6.35. The highest BCUT2D eigenvalue weighted by molar-refractivity contribution is 5.89. The van der Waals surface area contributed by atoms with Gasteiger partial charge in [-0.15, -0.1) is 0 Å². The van der Waals surface area contributed by atoms with Crippen LogP contribution in [0.3, 0.4) is 0 Å². The first-order chi connectivity index (χ1) is 10.6. The van der Waals surface area contributed by atoms with Crippen molar-refractivity contribution < 1.29 is 14.6 Å². The summed E-state index contributed by atoms with van der Waals surface area (Å²) in [6, 6.07) is 7.35. The number of carbonyl (C=O) groups is 1. The smallest absolute Gasteiger partial charge is 0.321 e. The van der Waals surface area contributed by atoms with Crippen LogP contribution >= 0.6 is 0 Å². The fourth-order valence-electron chi connectivity index (χ4n) is 2.53. The van der Waals surface area contributed by atoms with E-state index in [0.717, 1.165) is 30.8 Å². The Labute approximate surface area is 132 Å². The van der Waals surface area contributed by atoms with Gasteiger partial charge in [0, 0.05) is 31.5 Å². The van der Waals surface area contributed by atoms with Gasteiger partial charge < -0.3 is 20.1 Å². The van der Waals surface area contributed by atoms with Crippen LogP contribution in [0.15, 0.2) is 24.3 Å². The van der Waals surface area contributed by atoms with Gasteiger partial charge in [0.25, 0.3) is 0 Å². The number of hydrogen-bond acceptors (Lipinski definition) is 3. The molecule has 1 heterocycles. The molecule has 2 amide bonds. The highest BCUT2D eigenvalue weighted by Gasteiger charge is 2.23. The molecule has 1 unspecified atom stereocenters. The van der Waals surface area contributed by atoms with Crippen LogP contribution in [-0.2, 0) is 0 Å². The lowest BCUT2D eigenvalue weighted by Gasteiger charge is -2.31. The van der Waals surface area contributed by atoms with E-state index in [4.69, 9.17) is 4.74 Å². The maximum absolute atomic E-state index is 12.3. The van der Waals surface area contributed by atoms with Crippen LogP contribution in [0.5, 0.6) is 5.75 Å². The summed E-state index contributed by atoms with van der Waals surface area (Å²) >= 11 is 0. The molecule has 1 fully saturated rings. The Morgan fingerprint density at radius 3 is 3.05 bits per heavy atom. The first kappa shape index (κ1) is 16.6. The number of hydrogen-bond donors (Lipinski definition) is 2. The van der Waals surface area contributed by atoms with Crippen LogP contribution in [0.4, 0.5) is 10.5 Å². The Kier molecular flexibility index (Phi) is 6.07. The Bertz CT molecular complexity index is 491. The Hall–Kier alpha value is -1.75. The van der Waals surface area contributed by atoms with Crippen molar-refractivity contribution in [2.75, 3.05) is 31.6 Å².